The number of benzene rings is 2. The summed E-state index contributed by atoms with van der Waals surface area (Å²) in [6.45, 7) is -0.713. The first-order valence-corrected chi connectivity index (χ1v) is 7.26. The van der Waals surface area contributed by atoms with E-state index in [1.54, 1.807) is 18.2 Å². The fourth-order valence-corrected chi connectivity index (χ4v) is 1.83. The van der Waals surface area contributed by atoms with E-state index in [1.165, 1.54) is 12.1 Å². The van der Waals surface area contributed by atoms with Crippen molar-refractivity contribution in [1.82, 2.24) is 10.9 Å². The van der Waals surface area contributed by atoms with E-state index in [0.717, 1.165) is 24.3 Å². The van der Waals surface area contributed by atoms with Gasteiger partial charge in [0.15, 0.2) is 6.61 Å². The third-order valence-corrected chi connectivity index (χ3v) is 3.13. The van der Waals surface area contributed by atoms with Crippen LogP contribution in [-0.2, 0) is 15.7 Å². The second kappa shape index (κ2) is 8.15. The normalized spacial score (nSPS) is 10.7. The molecule has 0 saturated carbocycles. The van der Waals surface area contributed by atoms with E-state index in [9.17, 15) is 27.6 Å². The summed E-state index contributed by atoms with van der Waals surface area (Å²) in [6.07, 6.45) is -4.51. The molecule has 2 aromatic rings. The first-order valence-electron chi connectivity index (χ1n) is 7.26. The summed E-state index contributed by atoms with van der Waals surface area (Å²) in [5, 5.41) is 0. The molecule has 0 aromatic heterocycles. The van der Waals surface area contributed by atoms with Crippen molar-refractivity contribution in [2.24, 2.45) is 0 Å². The minimum absolute atomic E-state index is 0.140. The first kappa shape index (κ1) is 19.0. The number of rotatable bonds is 4. The Kier molecular flexibility index (Phi) is 5.94. The van der Waals surface area contributed by atoms with E-state index in [1.807, 2.05) is 0 Å². The lowest BCUT2D eigenvalue weighted by molar-refractivity contribution is -0.137. The topological polar surface area (TPSA) is 84.5 Å². The van der Waals surface area contributed by atoms with E-state index >= 15 is 0 Å². The number of halogens is 3. The van der Waals surface area contributed by atoms with Crippen LogP contribution in [-0.4, -0.2) is 24.4 Å². The molecule has 2 aromatic carbocycles. The van der Waals surface area contributed by atoms with Gasteiger partial charge in [-0.2, -0.15) is 13.2 Å². The van der Waals surface area contributed by atoms with Gasteiger partial charge in [0, 0.05) is 5.56 Å². The van der Waals surface area contributed by atoms with Gasteiger partial charge in [0.05, 0.1) is 11.1 Å². The van der Waals surface area contributed by atoms with E-state index in [4.69, 9.17) is 0 Å². The number of carbonyl (C=O) groups excluding carboxylic acids is 3. The van der Waals surface area contributed by atoms with Gasteiger partial charge >= 0.3 is 12.1 Å². The molecule has 0 fully saturated rings. The molecular weight excluding hydrogens is 353 g/mol. The van der Waals surface area contributed by atoms with Gasteiger partial charge in [0.2, 0.25) is 0 Å². The van der Waals surface area contributed by atoms with Crippen LogP contribution in [0.25, 0.3) is 0 Å². The van der Waals surface area contributed by atoms with Gasteiger partial charge in [0.1, 0.15) is 0 Å². The number of hydrogen-bond donors (Lipinski definition) is 2. The van der Waals surface area contributed by atoms with E-state index < -0.39 is 36.1 Å². The highest BCUT2D eigenvalue weighted by Gasteiger charge is 2.30. The monoisotopic (exact) mass is 366 g/mol. The number of hydrazine groups is 1. The van der Waals surface area contributed by atoms with Crippen molar-refractivity contribution >= 4 is 17.8 Å². The molecule has 26 heavy (non-hydrogen) atoms. The van der Waals surface area contributed by atoms with Crippen molar-refractivity contribution in [3.05, 3.63) is 71.3 Å². The van der Waals surface area contributed by atoms with Crippen LogP contribution < -0.4 is 10.9 Å². The number of hydrogen-bond acceptors (Lipinski definition) is 4. The van der Waals surface area contributed by atoms with Gasteiger partial charge in [0.25, 0.3) is 11.8 Å². The van der Waals surface area contributed by atoms with Crippen LogP contribution in [0.5, 0.6) is 0 Å². The summed E-state index contributed by atoms with van der Waals surface area (Å²) in [4.78, 5) is 34.9. The zero-order valence-electron chi connectivity index (χ0n) is 13.2. The molecule has 0 aliphatic rings. The minimum Gasteiger partial charge on any atom is -0.452 e. The van der Waals surface area contributed by atoms with E-state index in [2.05, 4.69) is 15.6 Å². The van der Waals surface area contributed by atoms with E-state index in [0.29, 0.717) is 5.56 Å². The number of alkyl halides is 3. The summed E-state index contributed by atoms with van der Waals surface area (Å²) in [6, 6.07) is 11.4. The Bertz CT molecular complexity index is 790. The van der Waals surface area contributed by atoms with Gasteiger partial charge in [-0.3, -0.25) is 20.4 Å². The Morgan fingerprint density at radius 1 is 0.846 bits per heavy atom. The maximum Gasteiger partial charge on any atom is 0.416 e. The number of esters is 1. The largest absolute Gasteiger partial charge is 0.452 e. The maximum absolute atomic E-state index is 12.4. The molecule has 2 amide bonds. The molecule has 0 saturated heterocycles. The highest BCUT2D eigenvalue weighted by Crippen LogP contribution is 2.29. The SMILES string of the molecule is O=C(COC(=O)c1ccc(C(F)(F)F)cc1)NNC(=O)c1ccccc1. The quantitative estimate of drug-likeness (QED) is 0.643. The molecule has 9 heteroatoms. The molecule has 0 unspecified atom stereocenters. The molecule has 0 aliphatic heterocycles. The van der Waals surface area contributed by atoms with Crippen molar-refractivity contribution in [3.8, 4) is 0 Å². The summed E-state index contributed by atoms with van der Waals surface area (Å²) >= 11 is 0. The molecule has 6 nitrogen and oxygen atoms in total. The van der Waals surface area contributed by atoms with Crippen molar-refractivity contribution < 1.29 is 32.3 Å². The minimum atomic E-state index is -4.51. The molecule has 2 rings (SSSR count). The maximum atomic E-state index is 12.4. The molecule has 136 valence electrons. The van der Waals surface area contributed by atoms with Crippen LogP contribution in [0.2, 0.25) is 0 Å². The Morgan fingerprint density at radius 3 is 2.04 bits per heavy atom. The van der Waals surface area contributed by atoms with Gasteiger partial charge in [-0.1, -0.05) is 18.2 Å². The average Bonchev–Trinajstić information content (AvgIpc) is 2.64. The molecule has 2 N–H and O–H groups in total. The summed E-state index contributed by atoms with van der Waals surface area (Å²) in [7, 11) is 0. The van der Waals surface area contributed by atoms with Crippen LogP contribution in [0.15, 0.2) is 54.6 Å². The van der Waals surface area contributed by atoms with Crippen LogP contribution >= 0.6 is 0 Å². The lowest BCUT2D eigenvalue weighted by atomic mass is 10.1. The lowest BCUT2D eigenvalue weighted by Gasteiger charge is -2.09. The number of carbonyl (C=O) groups is 3. The van der Waals surface area contributed by atoms with Crippen LogP contribution in [0.4, 0.5) is 13.2 Å². The standard InChI is InChI=1S/C17H13F3N2O4/c18-17(19,20)13-8-6-12(7-9-13)16(25)26-10-14(23)21-22-15(24)11-4-2-1-3-5-11/h1-9H,10H2,(H,21,23)(H,22,24). The molecule has 0 spiro atoms. The summed E-state index contributed by atoms with van der Waals surface area (Å²) < 4.78 is 42.0. The smallest absolute Gasteiger partial charge is 0.416 e. The lowest BCUT2D eigenvalue weighted by Crippen LogP contribution is -2.43. The fraction of sp³-hybridized carbons (Fsp3) is 0.118. The number of ether oxygens (including phenoxy) is 1. The van der Waals surface area contributed by atoms with Gasteiger partial charge in [-0.15, -0.1) is 0 Å². The summed E-state index contributed by atoms with van der Waals surface area (Å²) in [5.74, 6) is -2.34. The molecular formula is C17H13F3N2O4. The third kappa shape index (κ3) is 5.33. The highest BCUT2D eigenvalue weighted by atomic mass is 19.4. The second-order valence-corrected chi connectivity index (χ2v) is 5.02. The zero-order chi connectivity index (χ0) is 19.2. The second-order valence-electron chi connectivity index (χ2n) is 5.02. The van der Waals surface area contributed by atoms with Crippen LogP contribution in [0, 0.1) is 0 Å². The highest BCUT2D eigenvalue weighted by molar-refractivity contribution is 5.96. The van der Waals surface area contributed by atoms with Gasteiger partial charge < -0.3 is 4.74 Å². The summed E-state index contributed by atoms with van der Waals surface area (Å²) in [5.41, 5.74) is 3.45. The predicted molar refractivity (Wildman–Crippen MR) is 83.8 cm³/mol. The molecule has 0 heterocycles. The van der Waals surface area contributed by atoms with Crippen molar-refractivity contribution in [2.45, 2.75) is 6.18 Å². The predicted octanol–water partition coefficient (Wildman–Crippen LogP) is 2.32. The van der Waals surface area contributed by atoms with E-state index in [-0.39, 0.29) is 5.56 Å². The fourth-order valence-electron chi connectivity index (χ4n) is 1.83. The van der Waals surface area contributed by atoms with Gasteiger partial charge in [-0.05, 0) is 36.4 Å². The van der Waals surface area contributed by atoms with Gasteiger partial charge in [-0.25, -0.2) is 4.79 Å². The Labute approximate surface area is 145 Å². The number of nitrogens with one attached hydrogen (secondary N) is 2. The first-order chi connectivity index (χ1) is 12.3. The Hall–Kier alpha value is -3.36. The molecule has 0 radical (unpaired) electrons. The van der Waals surface area contributed by atoms with Crippen molar-refractivity contribution in [1.29, 1.82) is 0 Å². The van der Waals surface area contributed by atoms with Crippen molar-refractivity contribution in [2.75, 3.05) is 6.61 Å². The molecule has 0 atom stereocenters. The molecule has 0 aliphatic carbocycles. The zero-order valence-corrected chi connectivity index (χ0v) is 13.2. The van der Waals surface area contributed by atoms with Crippen molar-refractivity contribution in [3.63, 3.8) is 0 Å². The Morgan fingerprint density at radius 2 is 1.46 bits per heavy atom. The van der Waals surface area contributed by atoms with Crippen LogP contribution in [0.3, 0.4) is 0 Å². The Balaban J connectivity index is 1.80. The average molecular weight is 366 g/mol. The molecule has 0 bridgehead atoms. The van der Waals surface area contributed by atoms with Crippen LogP contribution in [0.1, 0.15) is 26.3 Å². The third-order valence-electron chi connectivity index (χ3n) is 3.13. The number of amides is 2.